The van der Waals surface area contributed by atoms with Crippen molar-refractivity contribution in [1.29, 1.82) is 0 Å². The minimum atomic E-state index is -0.403. The Morgan fingerprint density at radius 1 is 1.27 bits per heavy atom. The number of nitrogens with two attached hydrogens (primary N) is 2. The Labute approximate surface area is 88.3 Å². The maximum Gasteiger partial charge on any atom is 0.186 e. The third kappa shape index (κ3) is 2.84. The number of hydrogen-bond acceptors (Lipinski definition) is 5. The average molecular weight is 213 g/mol. The second-order valence-corrected chi connectivity index (χ2v) is 3.16. The van der Waals surface area contributed by atoms with Crippen molar-refractivity contribution >= 4 is 5.82 Å². The summed E-state index contributed by atoms with van der Waals surface area (Å²) >= 11 is 0. The van der Waals surface area contributed by atoms with E-state index in [2.05, 4.69) is 9.97 Å². The third-order valence-corrected chi connectivity index (χ3v) is 2.04. The van der Waals surface area contributed by atoms with Crippen LogP contribution in [-0.2, 0) is 0 Å². The Kier molecular flexibility index (Phi) is 4.38. The number of rotatable bonds is 5. The van der Waals surface area contributed by atoms with Gasteiger partial charge in [0.15, 0.2) is 11.6 Å². The summed E-state index contributed by atoms with van der Waals surface area (Å²) in [5.74, 6) is -0.127. The Morgan fingerprint density at radius 3 is 2.40 bits per heavy atom. The van der Waals surface area contributed by atoms with Crippen molar-refractivity contribution in [2.45, 2.75) is 6.92 Å². The molecule has 1 aromatic rings. The SMILES string of the molecule is Cc1ncnc(N(CCN)CCN)c1F. The standard InChI is InChI=1S/C9H16FN5/c1-7-8(10)9(14-6-13-7)15(4-2-11)5-3-12/h6H,2-5,11-12H2,1H3. The highest BCUT2D eigenvalue weighted by Gasteiger charge is 2.13. The van der Waals surface area contributed by atoms with E-state index < -0.39 is 5.82 Å². The molecular formula is C9H16FN5. The molecular weight excluding hydrogens is 197 g/mol. The van der Waals surface area contributed by atoms with Gasteiger partial charge in [-0.3, -0.25) is 0 Å². The fourth-order valence-electron chi connectivity index (χ4n) is 1.30. The van der Waals surface area contributed by atoms with E-state index in [0.29, 0.717) is 31.9 Å². The van der Waals surface area contributed by atoms with Gasteiger partial charge in [0.2, 0.25) is 0 Å². The fraction of sp³-hybridized carbons (Fsp3) is 0.556. The maximum atomic E-state index is 13.7. The van der Waals surface area contributed by atoms with E-state index >= 15 is 0 Å². The summed E-state index contributed by atoms with van der Waals surface area (Å²) in [6, 6.07) is 0. The smallest absolute Gasteiger partial charge is 0.186 e. The van der Waals surface area contributed by atoms with E-state index in [1.54, 1.807) is 11.8 Å². The normalized spacial score (nSPS) is 10.4. The first-order chi connectivity index (χ1) is 7.20. The number of hydrogen-bond donors (Lipinski definition) is 2. The Balaban J connectivity index is 2.94. The predicted octanol–water partition coefficient (Wildman–Crippen LogP) is -0.352. The molecule has 1 rings (SSSR count). The lowest BCUT2D eigenvalue weighted by Crippen LogP contribution is -2.35. The van der Waals surface area contributed by atoms with Crippen LogP contribution in [0, 0.1) is 12.7 Å². The zero-order valence-corrected chi connectivity index (χ0v) is 8.78. The first-order valence-corrected chi connectivity index (χ1v) is 4.83. The largest absolute Gasteiger partial charge is 0.352 e. The van der Waals surface area contributed by atoms with Crippen LogP contribution in [0.1, 0.15) is 5.69 Å². The van der Waals surface area contributed by atoms with Gasteiger partial charge in [-0.15, -0.1) is 0 Å². The van der Waals surface area contributed by atoms with Gasteiger partial charge in [-0.2, -0.15) is 0 Å². The van der Waals surface area contributed by atoms with E-state index in [0.717, 1.165) is 0 Å². The molecule has 0 unspecified atom stereocenters. The second-order valence-electron chi connectivity index (χ2n) is 3.16. The summed E-state index contributed by atoms with van der Waals surface area (Å²) in [6.07, 6.45) is 1.34. The van der Waals surface area contributed by atoms with E-state index in [1.807, 2.05) is 0 Å². The van der Waals surface area contributed by atoms with Crippen LogP contribution in [0.15, 0.2) is 6.33 Å². The van der Waals surface area contributed by atoms with Crippen LogP contribution in [0.25, 0.3) is 0 Å². The quantitative estimate of drug-likeness (QED) is 0.698. The summed E-state index contributed by atoms with van der Waals surface area (Å²) in [4.78, 5) is 9.40. The van der Waals surface area contributed by atoms with Gasteiger partial charge in [0.1, 0.15) is 6.33 Å². The summed E-state index contributed by atoms with van der Waals surface area (Å²) in [7, 11) is 0. The molecule has 15 heavy (non-hydrogen) atoms. The van der Waals surface area contributed by atoms with E-state index in [4.69, 9.17) is 11.5 Å². The van der Waals surface area contributed by atoms with Gasteiger partial charge in [-0.05, 0) is 6.92 Å². The van der Waals surface area contributed by atoms with Crippen LogP contribution >= 0.6 is 0 Å². The summed E-state index contributed by atoms with van der Waals surface area (Å²) < 4.78 is 13.7. The average Bonchev–Trinajstić information content (AvgIpc) is 2.22. The van der Waals surface area contributed by atoms with Crippen molar-refractivity contribution in [3.05, 3.63) is 17.8 Å². The summed E-state index contributed by atoms with van der Waals surface area (Å²) in [5.41, 5.74) is 11.2. The number of aromatic nitrogens is 2. The molecule has 0 saturated heterocycles. The summed E-state index contributed by atoms with van der Waals surface area (Å²) in [6.45, 7) is 3.53. The molecule has 0 aromatic carbocycles. The minimum absolute atomic E-state index is 0.276. The van der Waals surface area contributed by atoms with Crippen LogP contribution in [0.2, 0.25) is 0 Å². The van der Waals surface area contributed by atoms with Crippen LogP contribution in [-0.4, -0.2) is 36.1 Å². The van der Waals surface area contributed by atoms with Gasteiger partial charge >= 0.3 is 0 Å². The van der Waals surface area contributed by atoms with Crippen molar-refractivity contribution < 1.29 is 4.39 Å². The van der Waals surface area contributed by atoms with Gasteiger partial charge in [0, 0.05) is 26.2 Å². The van der Waals surface area contributed by atoms with Crippen molar-refractivity contribution in [2.75, 3.05) is 31.1 Å². The highest BCUT2D eigenvalue weighted by Crippen LogP contribution is 2.16. The molecule has 6 heteroatoms. The molecule has 1 aromatic heterocycles. The van der Waals surface area contributed by atoms with Crippen molar-refractivity contribution in [1.82, 2.24) is 9.97 Å². The third-order valence-electron chi connectivity index (χ3n) is 2.04. The lowest BCUT2D eigenvalue weighted by molar-refractivity contribution is 0.590. The maximum absolute atomic E-state index is 13.7. The van der Waals surface area contributed by atoms with E-state index in [9.17, 15) is 4.39 Å². The van der Waals surface area contributed by atoms with Crippen molar-refractivity contribution in [2.24, 2.45) is 11.5 Å². The molecule has 0 saturated carbocycles. The second kappa shape index (κ2) is 5.57. The zero-order chi connectivity index (χ0) is 11.3. The molecule has 1 heterocycles. The highest BCUT2D eigenvalue weighted by atomic mass is 19.1. The van der Waals surface area contributed by atoms with Crippen LogP contribution < -0.4 is 16.4 Å². The fourth-order valence-corrected chi connectivity index (χ4v) is 1.30. The number of anilines is 1. The lowest BCUT2D eigenvalue weighted by atomic mass is 10.3. The minimum Gasteiger partial charge on any atom is -0.352 e. The predicted molar refractivity (Wildman–Crippen MR) is 57.0 cm³/mol. The molecule has 84 valence electrons. The first-order valence-electron chi connectivity index (χ1n) is 4.83. The Hall–Kier alpha value is -1.27. The first kappa shape index (κ1) is 11.8. The van der Waals surface area contributed by atoms with Gasteiger partial charge in [-0.1, -0.05) is 0 Å². The topological polar surface area (TPSA) is 81.1 Å². The Morgan fingerprint density at radius 2 is 1.87 bits per heavy atom. The van der Waals surface area contributed by atoms with Crippen LogP contribution in [0.3, 0.4) is 0 Å². The number of nitrogens with zero attached hydrogens (tertiary/aromatic N) is 3. The number of halogens is 1. The Bertz CT molecular complexity index is 311. The molecule has 4 N–H and O–H groups in total. The molecule has 0 aliphatic rings. The lowest BCUT2D eigenvalue weighted by Gasteiger charge is -2.22. The molecule has 0 amide bonds. The van der Waals surface area contributed by atoms with Gasteiger partial charge in [0.25, 0.3) is 0 Å². The van der Waals surface area contributed by atoms with E-state index in [-0.39, 0.29) is 5.82 Å². The monoisotopic (exact) mass is 213 g/mol. The highest BCUT2D eigenvalue weighted by molar-refractivity contribution is 5.40. The molecule has 0 fully saturated rings. The van der Waals surface area contributed by atoms with Crippen LogP contribution in [0.5, 0.6) is 0 Å². The number of aryl methyl sites for hydroxylation is 1. The molecule has 0 radical (unpaired) electrons. The van der Waals surface area contributed by atoms with Crippen LogP contribution in [0.4, 0.5) is 10.2 Å². The molecule has 0 spiro atoms. The molecule has 0 aliphatic heterocycles. The van der Waals surface area contributed by atoms with E-state index in [1.165, 1.54) is 6.33 Å². The van der Waals surface area contributed by atoms with Crippen molar-refractivity contribution in [3.63, 3.8) is 0 Å². The molecule has 0 bridgehead atoms. The van der Waals surface area contributed by atoms with Gasteiger partial charge in [-0.25, -0.2) is 14.4 Å². The molecule has 0 aliphatic carbocycles. The molecule has 5 nitrogen and oxygen atoms in total. The molecule has 0 atom stereocenters. The summed E-state index contributed by atoms with van der Waals surface area (Å²) in [5, 5.41) is 0. The van der Waals surface area contributed by atoms with Gasteiger partial charge in [0.05, 0.1) is 5.69 Å². The van der Waals surface area contributed by atoms with Crippen molar-refractivity contribution in [3.8, 4) is 0 Å². The zero-order valence-electron chi connectivity index (χ0n) is 8.78. The van der Waals surface area contributed by atoms with Gasteiger partial charge < -0.3 is 16.4 Å².